The van der Waals surface area contributed by atoms with E-state index in [9.17, 15) is 33.9 Å². The van der Waals surface area contributed by atoms with Gasteiger partial charge >= 0.3 is 11.9 Å². The summed E-state index contributed by atoms with van der Waals surface area (Å²) in [6.07, 6.45) is 2.04. The van der Waals surface area contributed by atoms with Gasteiger partial charge in [0.15, 0.2) is 0 Å². The van der Waals surface area contributed by atoms with Crippen LogP contribution in [0.4, 0.5) is 5.82 Å². The van der Waals surface area contributed by atoms with Crippen LogP contribution >= 0.6 is 0 Å². The van der Waals surface area contributed by atoms with Gasteiger partial charge in [-0.2, -0.15) is 0 Å². The minimum Gasteiger partial charge on any atom is -0.480 e. The van der Waals surface area contributed by atoms with Crippen molar-refractivity contribution >= 4 is 46.4 Å². The number of carbonyl (C=O) groups excluding carboxylic acids is 4. The predicted octanol–water partition coefficient (Wildman–Crippen LogP) is 0.794. The van der Waals surface area contributed by atoms with Gasteiger partial charge in [-0.1, -0.05) is 12.1 Å². The Kier molecular flexibility index (Phi) is 7.55. The first kappa shape index (κ1) is 26.1. The Labute approximate surface area is 214 Å². The van der Waals surface area contributed by atoms with Gasteiger partial charge in [0, 0.05) is 30.7 Å². The van der Waals surface area contributed by atoms with Gasteiger partial charge < -0.3 is 31.0 Å². The number of rotatable bonds is 10. The summed E-state index contributed by atoms with van der Waals surface area (Å²) in [4.78, 5) is 81.8. The molecule has 1 atom stereocenters. The number of nitrogen functional groups attached to an aromatic ring is 1. The first-order valence-corrected chi connectivity index (χ1v) is 11.8. The van der Waals surface area contributed by atoms with E-state index in [1.54, 1.807) is 36.5 Å². The third kappa shape index (κ3) is 5.88. The molecule has 1 aliphatic rings. The number of carboxylic acid groups (broad SMARTS) is 1. The minimum absolute atomic E-state index is 0.0584. The van der Waals surface area contributed by atoms with Crippen molar-refractivity contribution in [1.29, 1.82) is 0 Å². The van der Waals surface area contributed by atoms with Crippen LogP contribution in [0.2, 0.25) is 0 Å². The summed E-state index contributed by atoms with van der Waals surface area (Å²) in [5.74, 6) is -3.98. The first-order chi connectivity index (χ1) is 18.1. The van der Waals surface area contributed by atoms with E-state index in [2.05, 4.69) is 15.3 Å². The molecule has 4 rings (SSSR count). The molecule has 0 radical (unpaired) electrons. The monoisotopic (exact) mass is 523 g/mol. The zero-order chi connectivity index (χ0) is 27.4. The quantitative estimate of drug-likeness (QED) is 0.238. The number of pyridine rings is 1. The number of carbonyl (C=O) groups is 5. The lowest BCUT2D eigenvalue weighted by Crippen LogP contribution is -2.41. The highest BCUT2D eigenvalue weighted by Crippen LogP contribution is 2.18. The number of imide groups is 1. The van der Waals surface area contributed by atoms with Gasteiger partial charge in [0.05, 0.1) is 17.3 Å². The molecule has 0 aliphatic carbocycles. The van der Waals surface area contributed by atoms with Gasteiger partial charge in [0.25, 0.3) is 23.3 Å². The zero-order valence-corrected chi connectivity index (χ0v) is 20.1. The Balaban J connectivity index is 1.31. The fourth-order valence-corrected chi connectivity index (χ4v) is 4.11. The molecule has 0 unspecified atom stereocenters. The SMILES string of the molecule is Nc1cc2[nH]cc(CCc3ccc(C(=O)N[C@@H](CCC(=O)ON4C(=O)CCC4=O)C(=O)O)cc3)c2c(=O)[nH]1. The molecule has 1 saturated heterocycles. The number of hydrogen-bond acceptors (Lipinski definition) is 8. The van der Waals surface area contributed by atoms with Crippen molar-refractivity contribution < 1.29 is 33.9 Å². The highest BCUT2D eigenvalue weighted by atomic mass is 16.7. The van der Waals surface area contributed by atoms with Crippen LogP contribution < -0.4 is 16.6 Å². The summed E-state index contributed by atoms with van der Waals surface area (Å²) < 4.78 is 0. The Morgan fingerprint density at radius 3 is 2.42 bits per heavy atom. The van der Waals surface area contributed by atoms with E-state index < -0.39 is 42.1 Å². The van der Waals surface area contributed by atoms with Gasteiger partial charge in [-0.15, -0.1) is 5.06 Å². The van der Waals surface area contributed by atoms with Crippen molar-refractivity contribution in [3.63, 3.8) is 0 Å². The molecular formula is C25H25N5O8. The number of amides is 3. The number of fused-ring (bicyclic) bond motifs is 1. The molecule has 0 saturated carbocycles. The summed E-state index contributed by atoms with van der Waals surface area (Å²) in [5, 5.41) is 12.7. The Bertz CT molecular complexity index is 1460. The van der Waals surface area contributed by atoms with Crippen molar-refractivity contribution in [2.24, 2.45) is 0 Å². The van der Waals surface area contributed by atoms with E-state index in [-0.39, 0.29) is 36.2 Å². The number of H-pyrrole nitrogens is 2. The van der Waals surface area contributed by atoms with Gasteiger partial charge in [-0.05, 0) is 42.5 Å². The number of aliphatic carboxylic acids is 1. The molecule has 2 aromatic heterocycles. The van der Waals surface area contributed by atoms with Gasteiger partial charge in [-0.3, -0.25) is 19.2 Å². The topological polar surface area (TPSA) is 205 Å². The van der Waals surface area contributed by atoms with E-state index in [0.29, 0.717) is 28.8 Å². The van der Waals surface area contributed by atoms with Crippen LogP contribution in [0.15, 0.2) is 41.3 Å². The smallest absolute Gasteiger partial charge is 0.333 e. The van der Waals surface area contributed by atoms with Crippen LogP contribution in [0.25, 0.3) is 10.9 Å². The molecular weight excluding hydrogens is 498 g/mol. The second-order valence-electron chi connectivity index (χ2n) is 8.80. The van der Waals surface area contributed by atoms with Crippen molar-refractivity contribution in [3.8, 4) is 0 Å². The number of aromatic amines is 2. The third-order valence-corrected chi connectivity index (χ3v) is 6.12. The number of hydrogen-bond donors (Lipinski definition) is 5. The Morgan fingerprint density at radius 2 is 1.76 bits per heavy atom. The Morgan fingerprint density at radius 1 is 1.08 bits per heavy atom. The summed E-state index contributed by atoms with van der Waals surface area (Å²) in [7, 11) is 0. The molecule has 1 aromatic carbocycles. The van der Waals surface area contributed by atoms with E-state index in [1.165, 1.54) is 0 Å². The fraction of sp³-hybridized carbons (Fsp3) is 0.280. The lowest BCUT2D eigenvalue weighted by atomic mass is 10.0. The van der Waals surface area contributed by atoms with Gasteiger partial charge in [0.2, 0.25) is 0 Å². The molecule has 0 spiro atoms. The second kappa shape index (κ2) is 11.0. The summed E-state index contributed by atoms with van der Waals surface area (Å²) in [6, 6.07) is 6.80. The van der Waals surface area contributed by atoms with Crippen LogP contribution in [-0.4, -0.2) is 55.8 Å². The molecule has 3 heterocycles. The molecule has 1 aliphatic heterocycles. The number of hydroxylamine groups is 2. The molecule has 38 heavy (non-hydrogen) atoms. The minimum atomic E-state index is -1.39. The maximum Gasteiger partial charge on any atom is 0.333 e. The third-order valence-electron chi connectivity index (χ3n) is 6.12. The molecule has 1 fully saturated rings. The van der Waals surface area contributed by atoms with E-state index in [1.807, 2.05) is 0 Å². The highest BCUT2D eigenvalue weighted by Gasteiger charge is 2.33. The Hall–Kier alpha value is -4.94. The zero-order valence-electron chi connectivity index (χ0n) is 20.1. The van der Waals surface area contributed by atoms with E-state index in [4.69, 9.17) is 10.6 Å². The fourth-order valence-electron chi connectivity index (χ4n) is 4.11. The van der Waals surface area contributed by atoms with Crippen molar-refractivity contribution in [3.05, 3.63) is 63.6 Å². The molecule has 6 N–H and O–H groups in total. The summed E-state index contributed by atoms with van der Waals surface area (Å²) >= 11 is 0. The maximum atomic E-state index is 12.6. The van der Waals surface area contributed by atoms with Gasteiger partial charge in [-0.25, -0.2) is 9.59 Å². The highest BCUT2D eigenvalue weighted by molar-refractivity contribution is 6.01. The van der Waals surface area contributed by atoms with Crippen molar-refractivity contribution in [1.82, 2.24) is 20.3 Å². The van der Waals surface area contributed by atoms with Crippen LogP contribution in [-0.2, 0) is 36.9 Å². The van der Waals surface area contributed by atoms with E-state index >= 15 is 0 Å². The number of aromatic nitrogens is 2. The summed E-state index contributed by atoms with van der Waals surface area (Å²) in [6.45, 7) is 0. The lowest BCUT2D eigenvalue weighted by molar-refractivity contribution is -0.197. The standard InChI is InChI=1S/C25H25N5O8/c26-18-11-17-22(24(35)29-18)15(12-27-17)6-3-13-1-4-14(5-2-13)23(34)28-16(25(36)37)7-10-21(33)38-30-19(31)8-9-20(30)32/h1-2,4-5,11-12,16,27H,3,6-10H2,(H,28,34)(H,36,37)(H3,26,29,35)/t16-/m0/s1. The molecule has 0 bridgehead atoms. The number of carboxylic acids is 1. The molecule has 13 nitrogen and oxygen atoms in total. The number of nitrogens with zero attached hydrogens (tertiary/aromatic N) is 1. The molecule has 3 amide bonds. The number of nitrogens with two attached hydrogens (primary N) is 1. The number of nitrogens with one attached hydrogen (secondary N) is 3. The predicted molar refractivity (Wildman–Crippen MR) is 132 cm³/mol. The summed E-state index contributed by atoms with van der Waals surface area (Å²) in [5.41, 5.74) is 7.97. The number of anilines is 1. The van der Waals surface area contributed by atoms with Crippen LogP contribution in [0, 0.1) is 0 Å². The van der Waals surface area contributed by atoms with E-state index in [0.717, 1.165) is 11.1 Å². The lowest BCUT2D eigenvalue weighted by Gasteiger charge is -2.16. The molecule has 13 heteroatoms. The average molecular weight is 524 g/mol. The van der Waals surface area contributed by atoms with Crippen LogP contribution in [0.3, 0.4) is 0 Å². The normalized spacial score (nSPS) is 14.1. The van der Waals surface area contributed by atoms with Crippen molar-refractivity contribution in [2.45, 2.75) is 44.6 Å². The van der Waals surface area contributed by atoms with Gasteiger partial charge in [0.1, 0.15) is 11.9 Å². The largest absolute Gasteiger partial charge is 0.480 e. The molecule has 3 aromatic rings. The first-order valence-electron chi connectivity index (χ1n) is 11.8. The van der Waals surface area contributed by atoms with Crippen molar-refractivity contribution in [2.75, 3.05) is 5.73 Å². The number of aryl methyl sites for hydroxylation is 2. The average Bonchev–Trinajstić information content (AvgIpc) is 3.43. The van der Waals surface area contributed by atoms with Crippen LogP contribution in [0.5, 0.6) is 0 Å². The maximum absolute atomic E-state index is 12.6. The molecule has 198 valence electrons. The number of benzene rings is 1. The second-order valence-corrected chi connectivity index (χ2v) is 8.80. The van der Waals surface area contributed by atoms with Crippen LogP contribution in [0.1, 0.15) is 47.2 Å².